The van der Waals surface area contributed by atoms with E-state index >= 15 is 0 Å². The number of rotatable bonds is 3. The molecular formula is C14H15NO3. The van der Waals surface area contributed by atoms with Gasteiger partial charge >= 0.3 is 0 Å². The lowest BCUT2D eigenvalue weighted by molar-refractivity contribution is 0.00561. The molecule has 1 aliphatic rings. The summed E-state index contributed by atoms with van der Waals surface area (Å²) in [5.74, 6) is 0.759. The van der Waals surface area contributed by atoms with Crippen LogP contribution in [-0.2, 0) is 4.74 Å². The lowest BCUT2D eigenvalue weighted by Crippen LogP contribution is -2.24. The number of benzene rings is 1. The van der Waals surface area contributed by atoms with Crippen molar-refractivity contribution in [3.8, 4) is 0 Å². The van der Waals surface area contributed by atoms with Crippen LogP contribution in [0.4, 0.5) is 5.69 Å². The highest BCUT2D eigenvalue weighted by atomic mass is 16.5. The minimum Gasteiger partial charge on any atom is -0.465 e. The molecular weight excluding hydrogens is 230 g/mol. The van der Waals surface area contributed by atoms with Crippen LogP contribution in [-0.4, -0.2) is 24.4 Å². The van der Waals surface area contributed by atoms with Crippen LogP contribution in [0.15, 0.2) is 53.1 Å². The van der Waals surface area contributed by atoms with Gasteiger partial charge in [0.25, 0.3) is 0 Å². The van der Waals surface area contributed by atoms with Gasteiger partial charge < -0.3 is 19.2 Å². The van der Waals surface area contributed by atoms with Crippen molar-refractivity contribution in [3.05, 3.63) is 54.5 Å². The molecule has 1 aliphatic heterocycles. The van der Waals surface area contributed by atoms with Gasteiger partial charge in [-0.3, -0.25) is 0 Å². The molecule has 2 aromatic rings. The molecule has 0 spiro atoms. The van der Waals surface area contributed by atoms with Crippen molar-refractivity contribution in [2.75, 3.05) is 18.1 Å². The molecule has 0 amide bonds. The maximum atomic E-state index is 9.26. The monoisotopic (exact) mass is 245 g/mol. The Morgan fingerprint density at radius 3 is 2.67 bits per heavy atom. The van der Waals surface area contributed by atoms with Gasteiger partial charge in [-0.1, -0.05) is 18.2 Å². The zero-order chi connectivity index (χ0) is 12.4. The molecule has 4 heteroatoms. The summed E-state index contributed by atoms with van der Waals surface area (Å²) in [4.78, 5) is 2.10. The van der Waals surface area contributed by atoms with Crippen molar-refractivity contribution in [1.29, 1.82) is 0 Å². The molecule has 94 valence electrons. The fourth-order valence-electron chi connectivity index (χ4n) is 2.23. The normalized spacial score (nSPS) is 23.5. The molecule has 2 heterocycles. The maximum absolute atomic E-state index is 9.26. The Hall–Kier alpha value is -1.78. The summed E-state index contributed by atoms with van der Waals surface area (Å²) < 4.78 is 11.2. The van der Waals surface area contributed by atoms with Gasteiger partial charge in [-0.05, 0) is 24.3 Å². The number of aliphatic hydroxyl groups is 1. The molecule has 1 aromatic carbocycles. The summed E-state index contributed by atoms with van der Waals surface area (Å²) in [6.45, 7) is 0.673. The Labute approximate surface area is 105 Å². The van der Waals surface area contributed by atoms with E-state index in [2.05, 4.69) is 4.90 Å². The van der Waals surface area contributed by atoms with E-state index in [9.17, 15) is 5.11 Å². The van der Waals surface area contributed by atoms with Crippen molar-refractivity contribution in [2.24, 2.45) is 0 Å². The second kappa shape index (κ2) is 4.84. The predicted molar refractivity (Wildman–Crippen MR) is 67.2 cm³/mol. The lowest BCUT2D eigenvalue weighted by atomic mass is 10.2. The smallest absolute Gasteiger partial charge is 0.189 e. The largest absolute Gasteiger partial charge is 0.465 e. The van der Waals surface area contributed by atoms with Gasteiger partial charge in [0.1, 0.15) is 6.10 Å². The van der Waals surface area contributed by atoms with Crippen molar-refractivity contribution in [2.45, 2.75) is 12.3 Å². The Morgan fingerprint density at radius 1 is 1.17 bits per heavy atom. The van der Waals surface area contributed by atoms with Crippen LogP contribution in [0.1, 0.15) is 12.0 Å². The summed E-state index contributed by atoms with van der Waals surface area (Å²) in [7, 11) is 0. The van der Waals surface area contributed by atoms with Gasteiger partial charge in [0.2, 0.25) is 0 Å². The molecule has 4 nitrogen and oxygen atoms in total. The van der Waals surface area contributed by atoms with Gasteiger partial charge in [-0.2, -0.15) is 0 Å². The van der Waals surface area contributed by atoms with E-state index in [1.54, 1.807) is 6.26 Å². The molecule has 0 aliphatic carbocycles. The summed E-state index contributed by atoms with van der Waals surface area (Å²) >= 11 is 0. The van der Waals surface area contributed by atoms with Crippen molar-refractivity contribution in [1.82, 2.24) is 0 Å². The average Bonchev–Trinajstić information content (AvgIpc) is 3.08. The van der Waals surface area contributed by atoms with E-state index in [0.717, 1.165) is 11.4 Å². The fraction of sp³-hybridized carbons (Fsp3) is 0.286. The molecule has 1 fully saturated rings. The highest BCUT2D eigenvalue weighted by molar-refractivity contribution is 5.48. The van der Waals surface area contributed by atoms with Crippen LogP contribution in [0.2, 0.25) is 0 Å². The second-order valence-corrected chi connectivity index (χ2v) is 4.30. The van der Waals surface area contributed by atoms with E-state index in [-0.39, 0.29) is 18.9 Å². The van der Waals surface area contributed by atoms with E-state index < -0.39 is 0 Å². The molecule has 0 saturated carbocycles. The predicted octanol–water partition coefficient (Wildman–Crippen LogP) is 2.18. The third-order valence-corrected chi connectivity index (χ3v) is 3.08. The first-order valence-corrected chi connectivity index (χ1v) is 6.00. The number of aliphatic hydroxyl groups excluding tert-OH is 1. The summed E-state index contributed by atoms with van der Waals surface area (Å²) in [6.07, 6.45) is 1.19. The standard InChI is InChI=1S/C14H15NO3/c16-10-12-9-15(11-5-2-1-3-6-11)14(18-12)13-7-4-8-17-13/h1-8,12,14,16H,9-10H2. The van der Waals surface area contributed by atoms with Gasteiger partial charge in [-0.15, -0.1) is 0 Å². The summed E-state index contributed by atoms with van der Waals surface area (Å²) in [5.41, 5.74) is 1.06. The van der Waals surface area contributed by atoms with Gasteiger partial charge in [0.05, 0.1) is 12.9 Å². The minimum absolute atomic E-state index is 0.0144. The van der Waals surface area contributed by atoms with Crippen LogP contribution in [0.25, 0.3) is 0 Å². The lowest BCUT2D eigenvalue weighted by Gasteiger charge is -2.23. The number of para-hydroxylation sites is 1. The van der Waals surface area contributed by atoms with E-state index in [0.29, 0.717) is 6.54 Å². The SMILES string of the molecule is OCC1CN(c2ccccc2)C(c2ccco2)O1. The zero-order valence-electron chi connectivity index (χ0n) is 9.90. The molecule has 1 saturated heterocycles. The first-order valence-electron chi connectivity index (χ1n) is 6.00. The van der Waals surface area contributed by atoms with Crippen molar-refractivity contribution in [3.63, 3.8) is 0 Å². The highest BCUT2D eigenvalue weighted by Crippen LogP contribution is 2.34. The quantitative estimate of drug-likeness (QED) is 0.900. The van der Waals surface area contributed by atoms with E-state index in [1.807, 2.05) is 42.5 Å². The molecule has 0 bridgehead atoms. The van der Waals surface area contributed by atoms with Crippen molar-refractivity contribution < 1.29 is 14.3 Å². The Bertz CT molecular complexity index is 483. The summed E-state index contributed by atoms with van der Waals surface area (Å²) in [5, 5.41) is 9.26. The number of hydrogen-bond acceptors (Lipinski definition) is 4. The highest BCUT2D eigenvalue weighted by Gasteiger charge is 2.35. The number of hydrogen-bond donors (Lipinski definition) is 1. The van der Waals surface area contributed by atoms with Gasteiger partial charge in [0.15, 0.2) is 12.0 Å². The van der Waals surface area contributed by atoms with Crippen LogP contribution in [0.5, 0.6) is 0 Å². The Balaban J connectivity index is 1.91. The van der Waals surface area contributed by atoms with E-state index in [1.165, 1.54) is 0 Å². The van der Waals surface area contributed by atoms with Crippen LogP contribution >= 0.6 is 0 Å². The van der Waals surface area contributed by atoms with Crippen LogP contribution in [0, 0.1) is 0 Å². The zero-order valence-corrected chi connectivity index (χ0v) is 9.90. The Kier molecular flexibility index (Phi) is 3.04. The third kappa shape index (κ3) is 2.00. The van der Waals surface area contributed by atoms with Crippen molar-refractivity contribution >= 4 is 5.69 Å². The van der Waals surface area contributed by atoms with Gasteiger partial charge in [0, 0.05) is 12.2 Å². The summed E-state index contributed by atoms with van der Waals surface area (Å²) in [6, 6.07) is 13.7. The first kappa shape index (κ1) is 11.3. The third-order valence-electron chi connectivity index (χ3n) is 3.08. The topological polar surface area (TPSA) is 45.8 Å². The maximum Gasteiger partial charge on any atom is 0.189 e. The number of furan rings is 1. The number of nitrogens with zero attached hydrogens (tertiary/aromatic N) is 1. The first-order chi connectivity index (χ1) is 8.88. The molecule has 18 heavy (non-hydrogen) atoms. The van der Waals surface area contributed by atoms with E-state index in [4.69, 9.17) is 9.15 Å². The second-order valence-electron chi connectivity index (χ2n) is 4.30. The molecule has 2 unspecified atom stereocenters. The average molecular weight is 245 g/mol. The molecule has 1 aromatic heterocycles. The minimum atomic E-state index is -0.264. The molecule has 1 N–H and O–H groups in total. The molecule has 0 radical (unpaired) electrons. The Morgan fingerprint density at radius 2 is 2.00 bits per heavy atom. The number of anilines is 1. The van der Waals surface area contributed by atoms with Crippen LogP contribution < -0.4 is 4.90 Å². The molecule has 2 atom stereocenters. The van der Waals surface area contributed by atoms with Gasteiger partial charge in [-0.25, -0.2) is 0 Å². The fourth-order valence-corrected chi connectivity index (χ4v) is 2.23. The van der Waals surface area contributed by atoms with Crippen LogP contribution in [0.3, 0.4) is 0 Å². The number of ether oxygens (including phenoxy) is 1. The molecule has 3 rings (SSSR count).